The highest BCUT2D eigenvalue weighted by Crippen LogP contribution is 2.27. The van der Waals surface area contributed by atoms with E-state index in [0.29, 0.717) is 19.8 Å². The maximum absolute atomic E-state index is 6.16. The van der Waals surface area contributed by atoms with Crippen molar-refractivity contribution in [1.82, 2.24) is 0 Å². The molecule has 0 atom stereocenters. The van der Waals surface area contributed by atoms with Crippen LogP contribution in [0.4, 0.5) is 0 Å². The Kier molecular flexibility index (Phi) is 6.22. The van der Waals surface area contributed by atoms with E-state index in [4.69, 9.17) is 15.2 Å². The Balaban J connectivity index is 1.88. The highest BCUT2D eigenvalue weighted by Gasteiger charge is 2.29. The lowest BCUT2D eigenvalue weighted by Gasteiger charge is -2.23. The summed E-state index contributed by atoms with van der Waals surface area (Å²) < 4.78 is 11.0. The largest absolute Gasteiger partial charge is 0.379 e. The van der Waals surface area contributed by atoms with Gasteiger partial charge in [-0.1, -0.05) is 26.2 Å². The number of unbranched alkanes of at least 4 members (excludes halogenated alkanes) is 1. The minimum Gasteiger partial charge on any atom is -0.379 e. The molecule has 0 unspecified atom stereocenters. The number of rotatable bonds is 8. The van der Waals surface area contributed by atoms with Crippen molar-refractivity contribution in [2.45, 2.75) is 51.0 Å². The maximum Gasteiger partial charge on any atom is 0.0701 e. The molecule has 2 N–H and O–H groups in total. The van der Waals surface area contributed by atoms with Gasteiger partial charge in [0, 0.05) is 12.1 Å². The molecule has 0 spiro atoms. The summed E-state index contributed by atoms with van der Waals surface area (Å²) >= 11 is 0. The van der Waals surface area contributed by atoms with Crippen molar-refractivity contribution >= 4 is 0 Å². The van der Waals surface area contributed by atoms with E-state index < -0.39 is 0 Å². The third kappa shape index (κ3) is 5.50. The van der Waals surface area contributed by atoms with Crippen LogP contribution in [0.15, 0.2) is 0 Å². The molecule has 1 rings (SSSR count). The molecule has 0 aliphatic heterocycles. The standard InChI is InChI=1S/C12H25NO2/c1-2-3-8-14-9-10-15-11-12(13)6-4-5-7-12/h2-11,13H2,1H3. The first-order valence-electron chi connectivity index (χ1n) is 6.21. The summed E-state index contributed by atoms with van der Waals surface area (Å²) in [5.74, 6) is 0. The molecule has 0 aromatic carbocycles. The molecule has 0 saturated heterocycles. The molecule has 0 amide bonds. The Bertz CT molecular complexity index is 156. The normalized spacial score (nSPS) is 19.6. The first-order chi connectivity index (χ1) is 7.27. The van der Waals surface area contributed by atoms with Crippen molar-refractivity contribution in [3.63, 3.8) is 0 Å². The Morgan fingerprint density at radius 2 is 1.73 bits per heavy atom. The fourth-order valence-corrected chi connectivity index (χ4v) is 1.97. The molecule has 1 aliphatic carbocycles. The quantitative estimate of drug-likeness (QED) is 0.631. The summed E-state index contributed by atoms with van der Waals surface area (Å²) in [4.78, 5) is 0. The van der Waals surface area contributed by atoms with Gasteiger partial charge >= 0.3 is 0 Å². The van der Waals surface area contributed by atoms with Gasteiger partial charge in [-0.3, -0.25) is 0 Å². The van der Waals surface area contributed by atoms with Gasteiger partial charge in [0.1, 0.15) is 0 Å². The van der Waals surface area contributed by atoms with E-state index in [2.05, 4.69) is 6.92 Å². The molecule has 0 heterocycles. The lowest BCUT2D eigenvalue weighted by Crippen LogP contribution is -2.41. The molecular weight excluding hydrogens is 190 g/mol. The molecule has 0 aromatic rings. The number of ether oxygens (including phenoxy) is 2. The molecule has 0 bridgehead atoms. The second-order valence-electron chi connectivity index (χ2n) is 4.59. The first kappa shape index (κ1) is 12.9. The van der Waals surface area contributed by atoms with Crippen molar-refractivity contribution in [2.75, 3.05) is 26.4 Å². The molecule has 3 heteroatoms. The van der Waals surface area contributed by atoms with Crippen LogP contribution < -0.4 is 5.73 Å². The first-order valence-corrected chi connectivity index (χ1v) is 6.21. The average molecular weight is 215 g/mol. The van der Waals surface area contributed by atoms with Crippen LogP contribution in [0.2, 0.25) is 0 Å². The fraction of sp³-hybridized carbons (Fsp3) is 1.00. The molecule has 1 aliphatic rings. The van der Waals surface area contributed by atoms with Crippen molar-refractivity contribution < 1.29 is 9.47 Å². The van der Waals surface area contributed by atoms with Gasteiger partial charge in [0.05, 0.1) is 19.8 Å². The second kappa shape index (κ2) is 7.20. The predicted molar refractivity (Wildman–Crippen MR) is 61.9 cm³/mol. The molecule has 90 valence electrons. The van der Waals surface area contributed by atoms with Crippen LogP contribution in [0.3, 0.4) is 0 Å². The van der Waals surface area contributed by atoms with Crippen molar-refractivity contribution in [1.29, 1.82) is 0 Å². The predicted octanol–water partition coefficient (Wildman–Crippen LogP) is 2.09. The van der Waals surface area contributed by atoms with Gasteiger partial charge in [-0.05, 0) is 19.3 Å². The van der Waals surface area contributed by atoms with Crippen LogP contribution >= 0.6 is 0 Å². The van der Waals surface area contributed by atoms with Crippen molar-refractivity contribution in [2.24, 2.45) is 5.73 Å². The van der Waals surface area contributed by atoms with Crippen LogP contribution in [0.5, 0.6) is 0 Å². The second-order valence-corrected chi connectivity index (χ2v) is 4.59. The Morgan fingerprint density at radius 1 is 1.07 bits per heavy atom. The van der Waals surface area contributed by atoms with Gasteiger partial charge in [-0.2, -0.15) is 0 Å². The van der Waals surface area contributed by atoms with Crippen LogP contribution in [0, 0.1) is 0 Å². The van der Waals surface area contributed by atoms with E-state index in [-0.39, 0.29) is 5.54 Å². The smallest absolute Gasteiger partial charge is 0.0701 e. The minimum atomic E-state index is -0.0383. The summed E-state index contributed by atoms with van der Waals surface area (Å²) in [5, 5.41) is 0. The molecule has 1 saturated carbocycles. The monoisotopic (exact) mass is 215 g/mol. The minimum absolute atomic E-state index is 0.0383. The van der Waals surface area contributed by atoms with Crippen LogP contribution in [-0.2, 0) is 9.47 Å². The van der Waals surface area contributed by atoms with E-state index in [1.54, 1.807) is 0 Å². The molecular formula is C12H25NO2. The zero-order valence-electron chi connectivity index (χ0n) is 9.96. The zero-order chi connectivity index (χ0) is 11.0. The van der Waals surface area contributed by atoms with Gasteiger partial charge in [-0.25, -0.2) is 0 Å². The summed E-state index contributed by atoms with van der Waals surface area (Å²) in [6, 6.07) is 0. The molecule has 0 radical (unpaired) electrons. The Hall–Kier alpha value is -0.120. The zero-order valence-corrected chi connectivity index (χ0v) is 9.96. The third-order valence-corrected chi connectivity index (χ3v) is 3.00. The molecule has 1 fully saturated rings. The summed E-state index contributed by atoms with van der Waals surface area (Å²) in [6.07, 6.45) is 7.07. The van der Waals surface area contributed by atoms with Gasteiger partial charge in [0.15, 0.2) is 0 Å². The maximum atomic E-state index is 6.16. The lowest BCUT2D eigenvalue weighted by atomic mass is 10.0. The molecule has 15 heavy (non-hydrogen) atoms. The highest BCUT2D eigenvalue weighted by atomic mass is 16.5. The van der Waals surface area contributed by atoms with Crippen LogP contribution in [0.1, 0.15) is 45.4 Å². The van der Waals surface area contributed by atoms with Gasteiger partial charge in [-0.15, -0.1) is 0 Å². The number of hydrogen-bond acceptors (Lipinski definition) is 3. The van der Waals surface area contributed by atoms with Crippen molar-refractivity contribution in [3.8, 4) is 0 Å². The van der Waals surface area contributed by atoms with Gasteiger partial charge in [0.25, 0.3) is 0 Å². The van der Waals surface area contributed by atoms with E-state index in [1.807, 2.05) is 0 Å². The Morgan fingerprint density at radius 3 is 2.40 bits per heavy atom. The van der Waals surface area contributed by atoms with E-state index in [9.17, 15) is 0 Å². The summed E-state index contributed by atoms with van der Waals surface area (Å²) in [5.41, 5.74) is 6.12. The number of nitrogens with two attached hydrogens (primary N) is 1. The van der Waals surface area contributed by atoms with Gasteiger partial charge in [0.2, 0.25) is 0 Å². The molecule has 3 nitrogen and oxygen atoms in total. The summed E-state index contributed by atoms with van der Waals surface area (Å²) in [6.45, 7) is 5.11. The van der Waals surface area contributed by atoms with Crippen LogP contribution in [0.25, 0.3) is 0 Å². The lowest BCUT2D eigenvalue weighted by molar-refractivity contribution is 0.0272. The van der Waals surface area contributed by atoms with Gasteiger partial charge < -0.3 is 15.2 Å². The highest BCUT2D eigenvalue weighted by molar-refractivity contribution is 4.88. The average Bonchev–Trinajstić information content (AvgIpc) is 2.64. The van der Waals surface area contributed by atoms with E-state index in [0.717, 1.165) is 25.9 Å². The van der Waals surface area contributed by atoms with Crippen molar-refractivity contribution in [3.05, 3.63) is 0 Å². The SMILES string of the molecule is CCCCOCCOCC1(N)CCCC1. The summed E-state index contributed by atoms with van der Waals surface area (Å²) in [7, 11) is 0. The van der Waals surface area contributed by atoms with E-state index in [1.165, 1.54) is 19.3 Å². The van der Waals surface area contributed by atoms with Crippen LogP contribution in [-0.4, -0.2) is 32.0 Å². The van der Waals surface area contributed by atoms with E-state index >= 15 is 0 Å². The Labute approximate surface area is 93.3 Å². The fourth-order valence-electron chi connectivity index (χ4n) is 1.97. The third-order valence-electron chi connectivity index (χ3n) is 3.00. The molecule has 0 aromatic heterocycles. The number of hydrogen-bond donors (Lipinski definition) is 1. The topological polar surface area (TPSA) is 44.5 Å².